The van der Waals surface area contributed by atoms with E-state index in [1.165, 1.54) is 23.4 Å². The summed E-state index contributed by atoms with van der Waals surface area (Å²) in [7, 11) is 1.50. The van der Waals surface area contributed by atoms with Crippen molar-refractivity contribution < 1.29 is 13.2 Å². The molecule has 0 spiro atoms. The summed E-state index contributed by atoms with van der Waals surface area (Å²) in [6.45, 7) is -0.000250. The molecule has 1 aromatic heterocycles. The topological polar surface area (TPSA) is 56.9 Å². The number of hydrogen-bond acceptors (Lipinski definition) is 4. The van der Waals surface area contributed by atoms with Crippen LogP contribution < -0.4 is 11.4 Å². The lowest BCUT2D eigenvalue weighted by molar-refractivity contribution is -0.186. The summed E-state index contributed by atoms with van der Waals surface area (Å²) < 4.78 is 40.7. The monoisotopic (exact) mass is 337 g/mol. The minimum absolute atomic E-state index is 0.000250. The number of halogens is 3. The van der Waals surface area contributed by atoms with Gasteiger partial charge in [0.05, 0.1) is 5.92 Å². The van der Waals surface area contributed by atoms with Crippen molar-refractivity contribution in [2.24, 2.45) is 18.9 Å². The maximum atomic E-state index is 12.8. The van der Waals surface area contributed by atoms with Gasteiger partial charge in [-0.1, -0.05) is 18.2 Å². The molecule has 1 saturated carbocycles. The van der Waals surface area contributed by atoms with Gasteiger partial charge in [0.2, 0.25) is 0 Å². The van der Waals surface area contributed by atoms with Crippen molar-refractivity contribution >= 4 is 11.8 Å². The van der Waals surface area contributed by atoms with Gasteiger partial charge >= 0.3 is 17.6 Å². The number of alkyl halides is 3. The molecule has 0 radical (unpaired) electrons. The lowest BCUT2D eigenvalue weighted by Crippen LogP contribution is -2.43. The first-order valence-electron chi connectivity index (χ1n) is 7.02. The molecule has 0 aliphatic heterocycles. The molecule has 5 nitrogen and oxygen atoms in total. The van der Waals surface area contributed by atoms with Crippen LogP contribution in [0, 0.1) is 11.8 Å². The summed E-state index contributed by atoms with van der Waals surface area (Å²) in [5, 5.41) is 0.295. The van der Waals surface area contributed by atoms with Crippen LogP contribution in [0.1, 0.15) is 25.7 Å². The quantitative estimate of drug-likeness (QED) is 0.792. The van der Waals surface area contributed by atoms with E-state index in [1.54, 1.807) is 6.26 Å². The van der Waals surface area contributed by atoms with E-state index in [1.807, 2.05) is 0 Å². The highest BCUT2D eigenvalue weighted by atomic mass is 32.2. The highest BCUT2D eigenvalue weighted by Crippen LogP contribution is 2.40. The summed E-state index contributed by atoms with van der Waals surface area (Å²) in [6.07, 6.45) is -1.39. The van der Waals surface area contributed by atoms with E-state index in [0.717, 1.165) is 4.57 Å². The first-order valence-corrected chi connectivity index (χ1v) is 8.25. The third-order valence-electron chi connectivity index (χ3n) is 4.10. The molecule has 1 fully saturated rings. The Balaban J connectivity index is 2.23. The van der Waals surface area contributed by atoms with Crippen molar-refractivity contribution in [2.45, 2.75) is 43.6 Å². The lowest BCUT2D eigenvalue weighted by Gasteiger charge is -2.30. The molecular formula is C13H18F3N3O2S. The molecule has 9 heteroatoms. The van der Waals surface area contributed by atoms with Crippen LogP contribution in [0.4, 0.5) is 13.2 Å². The summed E-state index contributed by atoms with van der Waals surface area (Å²) >= 11 is 1.17. The highest BCUT2D eigenvalue weighted by Gasteiger charge is 2.42. The molecule has 1 heterocycles. The lowest BCUT2D eigenvalue weighted by atomic mass is 9.81. The van der Waals surface area contributed by atoms with E-state index in [4.69, 9.17) is 0 Å². The van der Waals surface area contributed by atoms with Crippen LogP contribution in [-0.2, 0) is 13.6 Å². The molecule has 124 valence electrons. The van der Waals surface area contributed by atoms with Crippen molar-refractivity contribution in [1.82, 2.24) is 14.1 Å². The van der Waals surface area contributed by atoms with Crippen LogP contribution >= 0.6 is 11.8 Å². The average Bonchev–Trinajstić information content (AvgIpc) is 2.47. The van der Waals surface area contributed by atoms with Gasteiger partial charge in [0, 0.05) is 13.6 Å². The number of rotatable bonds is 3. The maximum absolute atomic E-state index is 12.8. The van der Waals surface area contributed by atoms with Gasteiger partial charge in [0.15, 0.2) is 5.16 Å². The van der Waals surface area contributed by atoms with E-state index < -0.39 is 23.5 Å². The standard InChI is InChI=1S/C13H18F3N3O2S/c1-18-11(22-2)17-10(20)19(12(18)21)7-8-4-3-5-9(6-8)13(14,15)16/h8-9H,3-7H2,1-2H3/t8-,9-/m0/s1. The second kappa shape index (κ2) is 6.47. The molecule has 0 bridgehead atoms. The highest BCUT2D eigenvalue weighted by molar-refractivity contribution is 7.98. The van der Waals surface area contributed by atoms with Gasteiger partial charge in [-0.05, 0) is 31.4 Å². The van der Waals surface area contributed by atoms with E-state index >= 15 is 0 Å². The average molecular weight is 337 g/mol. The summed E-state index contributed by atoms with van der Waals surface area (Å²) in [4.78, 5) is 27.9. The van der Waals surface area contributed by atoms with Crippen molar-refractivity contribution in [1.29, 1.82) is 0 Å². The van der Waals surface area contributed by atoms with Crippen molar-refractivity contribution in [2.75, 3.05) is 6.26 Å². The molecule has 1 aromatic rings. The van der Waals surface area contributed by atoms with Crippen molar-refractivity contribution in [3.8, 4) is 0 Å². The predicted octanol–water partition coefficient (Wildman–Crippen LogP) is 2.03. The molecule has 0 saturated heterocycles. The largest absolute Gasteiger partial charge is 0.391 e. The Hall–Kier alpha value is -1.25. The molecule has 0 amide bonds. The minimum atomic E-state index is -4.21. The molecule has 0 unspecified atom stereocenters. The molecule has 2 rings (SSSR count). The van der Waals surface area contributed by atoms with Crippen LogP contribution in [0.25, 0.3) is 0 Å². The zero-order valence-electron chi connectivity index (χ0n) is 12.4. The minimum Gasteiger partial charge on any atom is -0.275 e. The maximum Gasteiger partial charge on any atom is 0.391 e. The fourth-order valence-corrected chi connectivity index (χ4v) is 3.43. The Kier molecular flexibility index (Phi) is 5.03. The van der Waals surface area contributed by atoms with E-state index in [9.17, 15) is 22.8 Å². The second-order valence-electron chi connectivity index (χ2n) is 5.60. The zero-order chi connectivity index (χ0) is 16.5. The van der Waals surface area contributed by atoms with Gasteiger partial charge in [-0.2, -0.15) is 18.2 Å². The van der Waals surface area contributed by atoms with Gasteiger partial charge in [-0.25, -0.2) is 14.2 Å². The Morgan fingerprint density at radius 2 is 2.00 bits per heavy atom. The van der Waals surface area contributed by atoms with Crippen molar-refractivity contribution in [3.63, 3.8) is 0 Å². The van der Waals surface area contributed by atoms with Crippen LogP contribution in [0.5, 0.6) is 0 Å². The Morgan fingerprint density at radius 3 is 2.59 bits per heavy atom. The molecular weight excluding hydrogens is 319 g/mol. The third-order valence-corrected chi connectivity index (χ3v) is 4.83. The smallest absolute Gasteiger partial charge is 0.275 e. The Bertz CT molecular complexity index is 653. The van der Waals surface area contributed by atoms with Gasteiger partial charge in [-0.3, -0.25) is 4.57 Å². The van der Waals surface area contributed by atoms with Gasteiger partial charge in [-0.15, -0.1) is 0 Å². The first kappa shape index (κ1) is 17.1. The first-order chi connectivity index (χ1) is 10.2. The molecule has 22 heavy (non-hydrogen) atoms. The summed E-state index contributed by atoms with van der Waals surface area (Å²) in [6, 6.07) is 0. The molecule has 2 atom stereocenters. The normalized spacial score (nSPS) is 22.8. The van der Waals surface area contributed by atoms with Gasteiger partial charge < -0.3 is 0 Å². The second-order valence-corrected chi connectivity index (χ2v) is 6.38. The number of aromatic nitrogens is 3. The molecule has 1 aliphatic carbocycles. The Labute approximate surface area is 129 Å². The number of hydrogen-bond donors (Lipinski definition) is 0. The molecule has 0 aromatic carbocycles. The third kappa shape index (κ3) is 3.56. The zero-order valence-corrected chi connectivity index (χ0v) is 13.2. The number of nitrogens with zero attached hydrogens (tertiary/aromatic N) is 3. The van der Waals surface area contributed by atoms with Crippen molar-refractivity contribution in [3.05, 3.63) is 21.0 Å². The fourth-order valence-electron chi connectivity index (χ4n) is 2.91. The Morgan fingerprint density at radius 1 is 1.32 bits per heavy atom. The van der Waals surface area contributed by atoms with Crippen LogP contribution in [0.15, 0.2) is 14.7 Å². The van der Waals surface area contributed by atoms with E-state index in [0.29, 0.717) is 18.0 Å². The summed E-state index contributed by atoms with van der Waals surface area (Å²) in [5.41, 5.74) is -1.22. The number of thioether (sulfide) groups is 1. The van der Waals surface area contributed by atoms with Crippen LogP contribution in [0.2, 0.25) is 0 Å². The summed E-state index contributed by atoms with van der Waals surface area (Å²) in [5.74, 6) is -1.67. The van der Waals surface area contributed by atoms with E-state index in [2.05, 4.69) is 4.98 Å². The SMILES string of the molecule is CSc1nc(=O)n(C[C@H]2CCC[C@H](C(F)(F)F)C2)c(=O)n1C. The van der Waals surface area contributed by atoms with Gasteiger partial charge in [0.25, 0.3) is 0 Å². The fraction of sp³-hybridized carbons (Fsp3) is 0.769. The molecule has 0 N–H and O–H groups in total. The van der Waals surface area contributed by atoms with Gasteiger partial charge in [0.1, 0.15) is 0 Å². The van der Waals surface area contributed by atoms with Crippen LogP contribution in [0.3, 0.4) is 0 Å². The van der Waals surface area contributed by atoms with Crippen LogP contribution in [-0.4, -0.2) is 26.6 Å². The predicted molar refractivity (Wildman–Crippen MR) is 77.0 cm³/mol. The van der Waals surface area contributed by atoms with E-state index in [-0.39, 0.29) is 25.3 Å². The molecule has 1 aliphatic rings.